The molecule has 0 spiro atoms. The molecule has 1 N–H and O–H groups in total. The normalized spacial score (nSPS) is 16.2. The summed E-state index contributed by atoms with van der Waals surface area (Å²) in [5.74, 6) is 1.54. The van der Waals surface area contributed by atoms with Crippen molar-refractivity contribution in [2.75, 3.05) is 40.0 Å². The van der Waals surface area contributed by atoms with E-state index in [1.807, 2.05) is 24.3 Å². The van der Waals surface area contributed by atoms with Gasteiger partial charge in [0.15, 0.2) is 5.82 Å². The average Bonchev–Trinajstić information content (AvgIpc) is 3.08. The highest BCUT2D eigenvalue weighted by atomic mass is 16.5. The minimum absolute atomic E-state index is 0.0701. The predicted octanol–water partition coefficient (Wildman–Crippen LogP) is 1.12. The van der Waals surface area contributed by atoms with Crippen molar-refractivity contribution in [2.24, 2.45) is 0 Å². The molecule has 2 heterocycles. The summed E-state index contributed by atoms with van der Waals surface area (Å²) in [5.41, 5.74) is 1.13. The first-order valence-electron chi connectivity index (χ1n) is 8.67. The van der Waals surface area contributed by atoms with Gasteiger partial charge >= 0.3 is 0 Å². The van der Waals surface area contributed by atoms with Crippen LogP contribution in [0.4, 0.5) is 0 Å². The molecule has 140 valence electrons. The highest BCUT2D eigenvalue weighted by Crippen LogP contribution is 2.23. The Morgan fingerprint density at radius 2 is 2.04 bits per heavy atom. The number of nitrogens with zero attached hydrogens (tertiary/aromatic N) is 3. The van der Waals surface area contributed by atoms with Gasteiger partial charge in [-0.05, 0) is 17.7 Å². The molecule has 26 heavy (non-hydrogen) atoms. The van der Waals surface area contributed by atoms with E-state index in [2.05, 4.69) is 20.4 Å². The molecule has 8 nitrogen and oxygen atoms in total. The Kier molecular flexibility index (Phi) is 6.19. The molecule has 2 aromatic rings. The number of aryl methyl sites for hydroxylation is 1. The van der Waals surface area contributed by atoms with Crippen molar-refractivity contribution < 1.29 is 18.8 Å². The largest absolute Gasteiger partial charge is 0.497 e. The highest BCUT2D eigenvalue weighted by molar-refractivity contribution is 5.77. The Balaban J connectivity index is 1.65. The summed E-state index contributed by atoms with van der Waals surface area (Å²) < 4.78 is 15.6. The summed E-state index contributed by atoms with van der Waals surface area (Å²) in [4.78, 5) is 18.6. The third kappa shape index (κ3) is 4.80. The van der Waals surface area contributed by atoms with Crippen LogP contribution in [0, 0.1) is 6.92 Å². The maximum Gasteiger partial charge on any atom is 0.227 e. The number of rotatable bonds is 7. The van der Waals surface area contributed by atoms with Gasteiger partial charge in [-0.1, -0.05) is 17.3 Å². The van der Waals surface area contributed by atoms with Gasteiger partial charge in [-0.2, -0.15) is 4.98 Å². The lowest BCUT2D eigenvalue weighted by Crippen LogP contribution is -2.44. The Morgan fingerprint density at radius 1 is 1.31 bits per heavy atom. The van der Waals surface area contributed by atoms with Crippen LogP contribution in [-0.2, 0) is 16.0 Å². The summed E-state index contributed by atoms with van der Waals surface area (Å²) >= 11 is 0. The minimum Gasteiger partial charge on any atom is -0.497 e. The number of ether oxygens (including phenoxy) is 2. The molecule has 3 rings (SSSR count). The van der Waals surface area contributed by atoms with Crippen LogP contribution >= 0.6 is 0 Å². The van der Waals surface area contributed by atoms with Gasteiger partial charge in [0.05, 0.1) is 32.8 Å². The number of hydrogen-bond donors (Lipinski definition) is 1. The number of methoxy groups -OCH3 is 1. The van der Waals surface area contributed by atoms with E-state index in [0.717, 1.165) is 24.4 Å². The van der Waals surface area contributed by atoms with E-state index in [-0.39, 0.29) is 18.4 Å². The van der Waals surface area contributed by atoms with Crippen molar-refractivity contribution in [1.29, 1.82) is 0 Å². The van der Waals surface area contributed by atoms with Gasteiger partial charge in [-0.25, -0.2) is 0 Å². The average molecular weight is 360 g/mol. The first-order chi connectivity index (χ1) is 12.7. The molecule has 8 heteroatoms. The predicted molar refractivity (Wildman–Crippen MR) is 93.9 cm³/mol. The fourth-order valence-corrected chi connectivity index (χ4v) is 3.00. The molecular formula is C18H24N4O4. The topological polar surface area (TPSA) is 89.7 Å². The van der Waals surface area contributed by atoms with Crippen molar-refractivity contribution in [2.45, 2.75) is 19.4 Å². The Bertz CT molecular complexity index is 710. The van der Waals surface area contributed by atoms with Crippen molar-refractivity contribution in [1.82, 2.24) is 20.4 Å². The van der Waals surface area contributed by atoms with Crippen LogP contribution in [0.15, 0.2) is 28.8 Å². The zero-order valence-corrected chi connectivity index (χ0v) is 15.1. The molecule has 1 atom stereocenters. The second-order valence-corrected chi connectivity index (χ2v) is 6.15. The first kappa shape index (κ1) is 18.3. The van der Waals surface area contributed by atoms with Crippen LogP contribution < -0.4 is 10.1 Å². The fraction of sp³-hybridized carbons (Fsp3) is 0.500. The molecule has 1 aliphatic heterocycles. The molecule has 1 saturated heterocycles. The van der Waals surface area contributed by atoms with Crippen molar-refractivity contribution in [3.8, 4) is 5.75 Å². The number of hydrogen-bond acceptors (Lipinski definition) is 7. The number of aromatic nitrogens is 2. The second kappa shape index (κ2) is 8.77. The quantitative estimate of drug-likeness (QED) is 0.791. The minimum atomic E-state index is -0.127. The lowest BCUT2D eigenvalue weighted by Gasteiger charge is -2.35. The molecule has 0 aliphatic carbocycles. The molecular weight excluding hydrogens is 336 g/mol. The number of carbonyl (C=O) groups is 1. The number of nitrogens with one attached hydrogen (secondary N) is 1. The number of carbonyl (C=O) groups excluding carboxylic acids is 1. The SMILES string of the molecule is COc1ccc(C(CNC(=O)Cc2noc(C)n2)N2CCOCC2)cc1. The zero-order valence-electron chi connectivity index (χ0n) is 15.1. The van der Waals surface area contributed by atoms with Gasteiger partial charge < -0.3 is 19.3 Å². The third-order valence-corrected chi connectivity index (χ3v) is 4.37. The zero-order chi connectivity index (χ0) is 18.4. The maximum absolute atomic E-state index is 12.2. The van der Waals surface area contributed by atoms with E-state index >= 15 is 0 Å². The van der Waals surface area contributed by atoms with E-state index in [9.17, 15) is 4.79 Å². The van der Waals surface area contributed by atoms with Crippen LogP contribution in [0.3, 0.4) is 0 Å². The summed E-state index contributed by atoms with van der Waals surface area (Å²) in [6.07, 6.45) is 0.107. The Morgan fingerprint density at radius 3 is 2.65 bits per heavy atom. The number of benzene rings is 1. The lowest BCUT2D eigenvalue weighted by molar-refractivity contribution is -0.120. The van der Waals surface area contributed by atoms with E-state index in [0.29, 0.717) is 31.5 Å². The van der Waals surface area contributed by atoms with E-state index in [1.54, 1.807) is 14.0 Å². The molecule has 0 radical (unpaired) electrons. The van der Waals surface area contributed by atoms with Crippen molar-refractivity contribution in [3.05, 3.63) is 41.5 Å². The molecule has 1 aliphatic rings. The van der Waals surface area contributed by atoms with Gasteiger partial charge in [-0.3, -0.25) is 9.69 Å². The number of morpholine rings is 1. The van der Waals surface area contributed by atoms with E-state index in [4.69, 9.17) is 14.0 Å². The van der Waals surface area contributed by atoms with Gasteiger partial charge in [0.25, 0.3) is 0 Å². The van der Waals surface area contributed by atoms with Gasteiger partial charge in [0, 0.05) is 26.6 Å². The third-order valence-electron chi connectivity index (χ3n) is 4.37. The molecule has 1 amide bonds. The standard InChI is InChI=1S/C18H24N4O4/c1-13-20-17(21-26-13)11-18(23)19-12-16(22-7-9-25-10-8-22)14-3-5-15(24-2)6-4-14/h3-6,16H,7-12H2,1-2H3,(H,19,23). The molecule has 1 unspecified atom stereocenters. The second-order valence-electron chi connectivity index (χ2n) is 6.15. The monoisotopic (exact) mass is 360 g/mol. The molecule has 1 fully saturated rings. The van der Waals surface area contributed by atoms with E-state index in [1.165, 1.54) is 0 Å². The molecule has 0 saturated carbocycles. The molecule has 0 bridgehead atoms. The summed E-state index contributed by atoms with van der Waals surface area (Å²) in [5, 5.41) is 6.75. The Hall–Kier alpha value is -2.45. The molecule has 1 aromatic heterocycles. The van der Waals surface area contributed by atoms with Crippen LogP contribution in [0.25, 0.3) is 0 Å². The van der Waals surface area contributed by atoms with Crippen LogP contribution in [-0.4, -0.2) is 60.9 Å². The lowest BCUT2D eigenvalue weighted by atomic mass is 10.0. The van der Waals surface area contributed by atoms with Crippen LogP contribution in [0.2, 0.25) is 0 Å². The summed E-state index contributed by atoms with van der Waals surface area (Å²) in [6.45, 7) is 5.26. The molecule has 1 aromatic carbocycles. The number of amides is 1. The van der Waals surface area contributed by atoms with Gasteiger partial charge in [0.2, 0.25) is 11.8 Å². The maximum atomic E-state index is 12.2. The van der Waals surface area contributed by atoms with Crippen molar-refractivity contribution >= 4 is 5.91 Å². The van der Waals surface area contributed by atoms with Crippen LogP contribution in [0.1, 0.15) is 23.3 Å². The smallest absolute Gasteiger partial charge is 0.227 e. The summed E-state index contributed by atoms with van der Waals surface area (Å²) in [7, 11) is 1.65. The van der Waals surface area contributed by atoms with E-state index < -0.39 is 0 Å². The highest BCUT2D eigenvalue weighted by Gasteiger charge is 2.23. The van der Waals surface area contributed by atoms with Gasteiger partial charge in [-0.15, -0.1) is 0 Å². The van der Waals surface area contributed by atoms with Crippen molar-refractivity contribution in [3.63, 3.8) is 0 Å². The fourth-order valence-electron chi connectivity index (χ4n) is 3.00. The first-order valence-corrected chi connectivity index (χ1v) is 8.67. The van der Waals surface area contributed by atoms with Gasteiger partial charge in [0.1, 0.15) is 5.75 Å². The summed E-state index contributed by atoms with van der Waals surface area (Å²) in [6, 6.07) is 8.02. The van der Waals surface area contributed by atoms with Crippen LogP contribution in [0.5, 0.6) is 5.75 Å². The Labute approximate surface area is 152 Å².